The fourth-order valence-electron chi connectivity index (χ4n) is 2.27. The molecule has 1 saturated carbocycles. The largest absolute Gasteiger partial charge is 0.493 e. The quantitative estimate of drug-likeness (QED) is 0.746. The Hall–Kier alpha value is -1.60. The molecular weight excluding hydrogens is 292 g/mol. The lowest BCUT2D eigenvalue weighted by Crippen LogP contribution is -2.35. The summed E-state index contributed by atoms with van der Waals surface area (Å²) >= 11 is 0. The third-order valence-electron chi connectivity index (χ3n) is 3.64. The molecule has 1 aliphatic heterocycles. The first kappa shape index (κ1) is 14.3. The zero-order chi connectivity index (χ0) is 14.9. The van der Waals surface area contributed by atoms with E-state index in [0.717, 1.165) is 30.6 Å². The maximum absolute atomic E-state index is 12.2. The Labute approximate surface area is 123 Å². The van der Waals surface area contributed by atoms with Crippen molar-refractivity contribution in [2.75, 3.05) is 19.7 Å². The van der Waals surface area contributed by atoms with E-state index in [9.17, 15) is 13.2 Å². The van der Waals surface area contributed by atoms with E-state index in [1.807, 2.05) is 0 Å². The van der Waals surface area contributed by atoms with Gasteiger partial charge in [0.15, 0.2) is 0 Å². The van der Waals surface area contributed by atoms with Gasteiger partial charge in [-0.05, 0) is 36.6 Å². The molecule has 1 heterocycles. The lowest BCUT2D eigenvalue weighted by atomic mass is 10.2. The molecule has 1 fully saturated rings. The van der Waals surface area contributed by atoms with Crippen molar-refractivity contribution in [2.24, 2.45) is 5.92 Å². The second-order valence-electron chi connectivity index (χ2n) is 5.33. The molecule has 0 aromatic heterocycles. The van der Waals surface area contributed by atoms with E-state index in [2.05, 4.69) is 10.0 Å². The number of rotatable bonds is 6. The third kappa shape index (κ3) is 3.36. The van der Waals surface area contributed by atoms with Crippen molar-refractivity contribution in [2.45, 2.75) is 24.2 Å². The molecule has 0 unspecified atom stereocenters. The van der Waals surface area contributed by atoms with Crippen LogP contribution in [0, 0.1) is 5.92 Å². The first-order valence-electron chi connectivity index (χ1n) is 7.09. The lowest BCUT2D eigenvalue weighted by Gasteiger charge is -2.09. The van der Waals surface area contributed by atoms with E-state index in [0.29, 0.717) is 13.2 Å². The van der Waals surface area contributed by atoms with Crippen LogP contribution < -0.4 is 14.8 Å². The highest BCUT2D eigenvalue weighted by Crippen LogP contribution is 2.28. The number of amides is 1. The number of benzene rings is 1. The molecule has 0 bridgehead atoms. The maximum Gasteiger partial charge on any atom is 0.240 e. The van der Waals surface area contributed by atoms with Gasteiger partial charge in [-0.3, -0.25) is 4.79 Å². The van der Waals surface area contributed by atoms with Gasteiger partial charge < -0.3 is 10.1 Å². The highest BCUT2D eigenvalue weighted by molar-refractivity contribution is 7.89. The molecule has 2 aliphatic rings. The Kier molecular flexibility index (Phi) is 3.86. The van der Waals surface area contributed by atoms with Crippen molar-refractivity contribution in [1.82, 2.24) is 10.0 Å². The van der Waals surface area contributed by atoms with Crippen LogP contribution in [0.2, 0.25) is 0 Å². The third-order valence-corrected chi connectivity index (χ3v) is 5.09. The molecule has 2 N–H and O–H groups in total. The number of sulfonamides is 1. The summed E-state index contributed by atoms with van der Waals surface area (Å²) in [7, 11) is -3.54. The Balaban J connectivity index is 1.55. The molecule has 1 aliphatic carbocycles. The summed E-state index contributed by atoms with van der Waals surface area (Å²) in [6.07, 6.45) is 2.61. The topological polar surface area (TPSA) is 84.5 Å². The van der Waals surface area contributed by atoms with Crippen LogP contribution >= 0.6 is 0 Å². The van der Waals surface area contributed by atoms with Gasteiger partial charge in [0.05, 0.1) is 11.5 Å². The van der Waals surface area contributed by atoms with Crippen molar-refractivity contribution < 1.29 is 17.9 Å². The predicted octanol–water partition coefficient (Wildman–Crippen LogP) is 0.426. The van der Waals surface area contributed by atoms with Crippen LogP contribution in [0.25, 0.3) is 0 Å². The number of carbonyl (C=O) groups excluding carboxylic acids is 1. The monoisotopic (exact) mass is 310 g/mol. The maximum atomic E-state index is 12.2. The minimum absolute atomic E-state index is 0.0175. The molecule has 3 rings (SSSR count). The smallest absolute Gasteiger partial charge is 0.240 e. The average molecular weight is 310 g/mol. The highest BCUT2D eigenvalue weighted by Gasteiger charge is 2.29. The summed E-state index contributed by atoms with van der Waals surface area (Å²) in [5.74, 6) is 0.910. The molecule has 1 aromatic carbocycles. The Morgan fingerprint density at radius 1 is 1.29 bits per heavy atom. The van der Waals surface area contributed by atoms with Gasteiger partial charge in [0.25, 0.3) is 0 Å². The van der Waals surface area contributed by atoms with Crippen molar-refractivity contribution in [1.29, 1.82) is 0 Å². The number of fused-ring (bicyclic) bond motifs is 1. The first-order valence-corrected chi connectivity index (χ1v) is 8.58. The van der Waals surface area contributed by atoms with Crippen molar-refractivity contribution in [3.8, 4) is 5.75 Å². The van der Waals surface area contributed by atoms with E-state index < -0.39 is 10.0 Å². The normalized spacial score (nSPS) is 17.1. The lowest BCUT2D eigenvalue weighted by molar-refractivity contribution is -0.122. The van der Waals surface area contributed by atoms with Crippen LogP contribution in [0.4, 0.5) is 0 Å². The van der Waals surface area contributed by atoms with E-state index in [4.69, 9.17) is 4.74 Å². The summed E-state index contributed by atoms with van der Waals surface area (Å²) in [4.78, 5) is 11.7. The van der Waals surface area contributed by atoms with Crippen molar-refractivity contribution in [3.63, 3.8) is 0 Å². The number of carbonyl (C=O) groups is 1. The van der Waals surface area contributed by atoms with Crippen LogP contribution in [0.15, 0.2) is 23.1 Å². The Morgan fingerprint density at radius 3 is 2.86 bits per heavy atom. The zero-order valence-electron chi connectivity index (χ0n) is 11.6. The molecular formula is C14H18N2O4S. The number of nitrogens with one attached hydrogen (secondary N) is 2. The van der Waals surface area contributed by atoms with Crippen LogP contribution in [-0.4, -0.2) is 34.0 Å². The molecule has 21 heavy (non-hydrogen) atoms. The van der Waals surface area contributed by atoms with E-state index in [-0.39, 0.29) is 23.3 Å². The van der Waals surface area contributed by atoms with Crippen molar-refractivity contribution in [3.05, 3.63) is 23.8 Å². The van der Waals surface area contributed by atoms with Crippen LogP contribution in [0.1, 0.15) is 18.4 Å². The Morgan fingerprint density at radius 2 is 2.10 bits per heavy atom. The molecule has 1 amide bonds. The van der Waals surface area contributed by atoms with Gasteiger partial charge in [-0.1, -0.05) is 0 Å². The second kappa shape index (κ2) is 5.65. The summed E-state index contributed by atoms with van der Waals surface area (Å²) in [6.45, 7) is 1.09. The van der Waals surface area contributed by atoms with Gasteiger partial charge in [-0.2, -0.15) is 0 Å². The summed E-state index contributed by atoms with van der Waals surface area (Å²) < 4.78 is 32.2. The molecule has 7 heteroatoms. The number of hydrogen-bond donors (Lipinski definition) is 2. The van der Waals surface area contributed by atoms with Gasteiger partial charge >= 0.3 is 0 Å². The zero-order valence-corrected chi connectivity index (χ0v) is 12.4. The molecule has 1 aromatic rings. The minimum Gasteiger partial charge on any atom is -0.493 e. The second-order valence-corrected chi connectivity index (χ2v) is 7.10. The average Bonchev–Trinajstić information content (AvgIpc) is 3.21. The fourth-order valence-corrected chi connectivity index (χ4v) is 3.36. The number of hydrogen-bond acceptors (Lipinski definition) is 4. The van der Waals surface area contributed by atoms with E-state index in [1.54, 1.807) is 12.1 Å². The molecule has 0 saturated heterocycles. The first-order chi connectivity index (χ1) is 10.1. The van der Waals surface area contributed by atoms with E-state index in [1.165, 1.54) is 6.07 Å². The minimum atomic E-state index is -3.54. The fraction of sp³-hybridized carbons (Fsp3) is 0.500. The predicted molar refractivity (Wildman–Crippen MR) is 76.6 cm³/mol. The Bertz CT molecular complexity index is 653. The molecule has 0 radical (unpaired) electrons. The van der Waals surface area contributed by atoms with Crippen molar-refractivity contribution >= 4 is 15.9 Å². The van der Waals surface area contributed by atoms with Gasteiger partial charge in [-0.25, -0.2) is 13.1 Å². The van der Waals surface area contributed by atoms with Crippen LogP contribution in [0.3, 0.4) is 0 Å². The van der Waals surface area contributed by atoms with Gasteiger partial charge in [0.1, 0.15) is 5.75 Å². The van der Waals surface area contributed by atoms with Gasteiger partial charge in [-0.15, -0.1) is 0 Å². The molecule has 0 spiro atoms. The summed E-state index contributed by atoms with van der Waals surface area (Å²) in [5.41, 5.74) is 0.917. The highest BCUT2D eigenvalue weighted by atomic mass is 32.2. The van der Waals surface area contributed by atoms with Crippen LogP contribution in [0.5, 0.6) is 5.75 Å². The van der Waals surface area contributed by atoms with Crippen LogP contribution in [-0.2, 0) is 21.2 Å². The van der Waals surface area contributed by atoms with Gasteiger partial charge in [0, 0.05) is 25.4 Å². The molecule has 114 valence electrons. The summed E-state index contributed by atoms with van der Waals surface area (Å²) in [6, 6.07) is 4.87. The van der Waals surface area contributed by atoms with Gasteiger partial charge in [0.2, 0.25) is 15.9 Å². The number of ether oxygens (including phenoxy) is 1. The molecule has 6 nitrogen and oxygen atoms in total. The molecule has 0 atom stereocenters. The SMILES string of the molecule is O=C(NCCNS(=O)(=O)c1ccc2c(c1)CCO2)C1CC1. The van der Waals surface area contributed by atoms with E-state index >= 15 is 0 Å². The standard InChI is InChI=1S/C14H18N2O4S/c17-14(10-1-2-10)15-6-7-16-21(18,19)12-3-4-13-11(9-12)5-8-20-13/h3-4,9-10,16H,1-2,5-8H2,(H,15,17). The summed E-state index contributed by atoms with van der Waals surface area (Å²) in [5, 5.41) is 2.72.